The molecule has 3 aliphatic rings. The van der Waals surface area contributed by atoms with Crippen LogP contribution in [0.15, 0.2) is 67.0 Å². The van der Waals surface area contributed by atoms with Gasteiger partial charge in [-0.15, -0.1) is 0 Å². The summed E-state index contributed by atoms with van der Waals surface area (Å²) >= 11 is 0. The maximum absolute atomic E-state index is 11.0. The number of rotatable bonds is 5. The molecular weight excluding hydrogens is 396 g/mol. The molecule has 164 valence electrons. The first-order valence-electron chi connectivity index (χ1n) is 11.8. The summed E-state index contributed by atoms with van der Waals surface area (Å²) in [6, 6.07) is 20.0. The highest BCUT2D eigenvalue weighted by Gasteiger charge is 2.53. The van der Waals surface area contributed by atoms with Gasteiger partial charge >= 0.3 is 0 Å². The lowest BCUT2D eigenvalue weighted by Gasteiger charge is -2.40. The third-order valence-electron chi connectivity index (χ3n) is 8.17. The number of nitrogens with zero attached hydrogens (tertiary/aromatic N) is 2. The highest BCUT2D eigenvalue weighted by atomic mass is 16.3. The molecule has 6 rings (SSSR count). The maximum Gasteiger partial charge on any atom is 0.0834 e. The lowest BCUT2D eigenvalue weighted by atomic mass is 9.74. The van der Waals surface area contributed by atoms with Gasteiger partial charge in [-0.2, -0.15) is 0 Å². The number of hydrogen-bond acceptors (Lipinski definition) is 4. The van der Waals surface area contributed by atoms with Gasteiger partial charge in [0, 0.05) is 30.3 Å². The van der Waals surface area contributed by atoms with E-state index in [9.17, 15) is 10.2 Å². The van der Waals surface area contributed by atoms with Gasteiger partial charge in [0.15, 0.2) is 0 Å². The molecule has 4 nitrogen and oxygen atoms in total. The zero-order chi connectivity index (χ0) is 21.7. The largest absolute Gasteiger partial charge is 0.392 e. The molecule has 2 aliphatic carbocycles. The SMILES string of the molecule is OCc1cncc([C@@H](O)C2CCN(CC34CC(c5ccccc53)c3ccccc34)CC2)c1. The van der Waals surface area contributed by atoms with Gasteiger partial charge in [0.05, 0.1) is 12.7 Å². The summed E-state index contributed by atoms with van der Waals surface area (Å²) in [4.78, 5) is 6.81. The normalized spacial score (nSPS) is 25.5. The topological polar surface area (TPSA) is 56.6 Å². The Morgan fingerprint density at radius 3 is 2.28 bits per heavy atom. The zero-order valence-electron chi connectivity index (χ0n) is 18.3. The Morgan fingerprint density at radius 1 is 0.969 bits per heavy atom. The Balaban J connectivity index is 1.21. The van der Waals surface area contributed by atoms with Gasteiger partial charge in [0.2, 0.25) is 0 Å². The van der Waals surface area contributed by atoms with Crippen molar-refractivity contribution < 1.29 is 10.2 Å². The minimum absolute atomic E-state index is 0.0436. The molecular formula is C28H30N2O2. The predicted molar refractivity (Wildman–Crippen MR) is 124 cm³/mol. The van der Waals surface area contributed by atoms with Gasteiger partial charge in [-0.25, -0.2) is 0 Å². The number of hydrogen-bond donors (Lipinski definition) is 2. The van der Waals surface area contributed by atoms with E-state index in [4.69, 9.17) is 0 Å². The first-order chi connectivity index (χ1) is 15.7. The van der Waals surface area contributed by atoms with Gasteiger partial charge in [0.25, 0.3) is 0 Å². The van der Waals surface area contributed by atoms with Crippen LogP contribution in [0, 0.1) is 5.92 Å². The fourth-order valence-electron chi connectivity index (χ4n) is 6.65. The monoisotopic (exact) mass is 426 g/mol. The molecule has 32 heavy (non-hydrogen) atoms. The second kappa shape index (κ2) is 7.80. The molecule has 1 saturated heterocycles. The van der Waals surface area contributed by atoms with Crippen LogP contribution in [0.5, 0.6) is 0 Å². The minimum Gasteiger partial charge on any atom is -0.392 e. The first-order valence-corrected chi connectivity index (χ1v) is 11.8. The van der Waals surface area contributed by atoms with Crippen molar-refractivity contribution in [2.45, 2.75) is 43.3 Å². The number of aliphatic hydroxyl groups excluding tert-OH is 2. The number of pyridine rings is 1. The van der Waals surface area contributed by atoms with Crippen molar-refractivity contribution in [3.05, 3.63) is 100 Å². The van der Waals surface area contributed by atoms with E-state index < -0.39 is 6.10 Å². The molecule has 2 aromatic carbocycles. The van der Waals surface area contributed by atoms with Crippen LogP contribution in [-0.4, -0.2) is 39.7 Å². The second-order valence-corrected chi connectivity index (χ2v) is 9.86. The van der Waals surface area contributed by atoms with Crippen molar-refractivity contribution >= 4 is 0 Å². The molecule has 0 amide bonds. The number of benzene rings is 2. The van der Waals surface area contributed by atoms with Crippen LogP contribution < -0.4 is 0 Å². The Kier molecular flexibility index (Phi) is 4.90. The van der Waals surface area contributed by atoms with Crippen molar-refractivity contribution in [1.82, 2.24) is 9.88 Å². The van der Waals surface area contributed by atoms with Crippen LogP contribution in [0.4, 0.5) is 0 Å². The van der Waals surface area contributed by atoms with Gasteiger partial charge in [-0.05, 0) is 77.7 Å². The Hall–Kier alpha value is -2.53. The molecule has 2 heterocycles. The standard InChI is InChI=1S/C28H30N2O2/c31-17-19-13-21(16-29-15-19)27(32)20-9-11-30(12-10-20)18-28-14-24(22-5-1-3-7-25(22)28)23-6-2-4-8-26(23)28/h1-8,13,15-16,20,24,27,31-32H,9-12,14,17-18H2/t24?,27-,28?/m0/s1. The highest BCUT2D eigenvalue weighted by molar-refractivity contribution is 5.62. The molecule has 1 aliphatic heterocycles. The molecule has 1 aromatic heterocycles. The van der Waals surface area contributed by atoms with Crippen LogP contribution >= 0.6 is 0 Å². The lowest BCUT2D eigenvalue weighted by Crippen LogP contribution is -2.44. The fourth-order valence-corrected chi connectivity index (χ4v) is 6.65. The average molecular weight is 427 g/mol. The van der Waals surface area contributed by atoms with Crippen molar-refractivity contribution in [3.8, 4) is 0 Å². The maximum atomic E-state index is 11.0. The third kappa shape index (κ3) is 3.05. The van der Waals surface area contributed by atoms with Crippen LogP contribution in [0.1, 0.15) is 64.7 Å². The Bertz CT molecular complexity index is 1090. The van der Waals surface area contributed by atoms with Gasteiger partial charge in [-0.3, -0.25) is 4.98 Å². The highest BCUT2D eigenvalue weighted by Crippen LogP contribution is 2.60. The van der Waals surface area contributed by atoms with E-state index in [1.54, 1.807) is 12.4 Å². The molecule has 4 heteroatoms. The van der Waals surface area contributed by atoms with Crippen LogP contribution in [-0.2, 0) is 12.0 Å². The van der Waals surface area contributed by atoms with E-state index in [-0.39, 0.29) is 17.9 Å². The molecule has 0 radical (unpaired) electrons. The number of likely N-dealkylation sites (tertiary alicyclic amines) is 1. The molecule has 2 bridgehead atoms. The van der Waals surface area contributed by atoms with Crippen molar-refractivity contribution in [2.75, 3.05) is 19.6 Å². The summed E-state index contributed by atoms with van der Waals surface area (Å²) in [6.45, 7) is 3.02. The van der Waals surface area contributed by atoms with Gasteiger partial charge in [-0.1, -0.05) is 48.5 Å². The molecule has 1 fully saturated rings. The van der Waals surface area contributed by atoms with E-state index in [1.807, 2.05) is 6.07 Å². The minimum atomic E-state index is -0.516. The third-order valence-corrected chi connectivity index (χ3v) is 8.17. The second-order valence-electron chi connectivity index (χ2n) is 9.86. The number of aliphatic hydroxyl groups is 2. The van der Waals surface area contributed by atoms with E-state index in [0.717, 1.165) is 43.6 Å². The summed E-state index contributed by atoms with van der Waals surface area (Å²) in [5, 5.41) is 20.3. The average Bonchev–Trinajstić information content (AvgIpc) is 3.36. The predicted octanol–water partition coefficient (Wildman–Crippen LogP) is 4.15. The summed E-state index contributed by atoms with van der Waals surface area (Å²) in [5.74, 6) is 0.770. The molecule has 0 saturated carbocycles. The Morgan fingerprint density at radius 2 is 1.62 bits per heavy atom. The Labute approximate surface area is 189 Å². The number of fused-ring (bicyclic) bond motifs is 8. The quantitative estimate of drug-likeness (QED) is 0.643. The summed E-state index contributed by atoms with van der Waals surface area (Å²) in [5.41, 5.74) is 7.78. The van der Waals surface area contributed by atoms with E-state index in [1.165, 1.54) is 28.7 Å². The van der Waals surface area contributed by atoms with E-state index in [2.05, 4.69) is 58.4 Å². The van der Waals surface area contributed by atoms with Crippen LogP contribution in [0.25, 0.3) is 0 Å². The molecule has 2 N–H and O–H groups in total. The van der Waals surface area contributed by atoms with Crippen LogP contribution in [0.3, 0.4) is 0 Å². The molecule has 3 aromatic rings. The molecule has 0 unspecified atom stereocenters. The molecule has 1 atom stereocenters. The number of piperidine rings is 1. The summed E-state index contributed by atoms with van der Waals surface area (Å²) in [7, 11) is 0. The van der Waals surface area contributed by atoms with Crippen LogP contribution in [0.2, 0.25) is 0 Å². The fraction of sp³-hybridized carbons (Fsp3) is 0.393. The van der Waals surface area contributed by atoms with Gasteiger partial charge < -0.3 is 15.1 Å². The summed E-state index contributed by atoms with van der Waals surface area (Å²) in [6.07, 6.45) is 6.03. The van der Waals surface area contributed by atoms with E-state index >= 15 is 0 Å². The van der Waals surface area contributed by atoms with E-state index in [0.29, 0.717) is 5.92 Å². The van der Waals surface area contributed by atoms with Crippen molar-refractivity contribution in [2.24, 2.45) is 5.92 Å². The summed E-state index contributed by atoms with van der Waals surface area (Å²) < 4.78 is 0. The molecule has 0 spiro atoms. The first kappa shape index (κ1) is 20.1. The van der Waals surface area contributed by atoms with Gasteiger partial charge in [0.1, 0.15) is 0 Å². The van der Waals surface area contributed by atoms with Crippen molar-refractivity contribution in [1.29, 1.82) is 0 Å². The lowest BCUT2D eigenvalue weighted by molar-refractivity contribution is 0.0537. The van der Waals surface area contributed by atoms with Crippen molar-refractivity contribution in [3.63, 3.8) is 0 Å². The zero-order valence-corrected chi connectivity index (χ0v) is 18.3. The smallest absolute Gasteiger partial charge is 0.0834 e. The number of aromatic nitrogens is 1.